The van der Waals surface area contributed by atoms with Crippen LogP contribution in [0.3, 0.4) is 0 Å². The number of fused-ring (bicyclic) bond motifs is 2. The van der Waals surface area contributed by atoms with Gasteiger partial charge in [-0.2, -0.15) is 0 Å². The molecule has 0 bridgehead atoms. The van der Waals surface area contributed by atoms with Crippen LogP contribution in [-0.2, 0) is 11.3 Å². The van der Waals surface area contributed by atoms with Gasteiger partial charge in [-0.05, 0) is 30.4 Å². The lowest BCUT2D eigenvalue weighted by Gasteiger charge is -2.37. The molecule has 1 aromatic rings. The van der Waals surface area contributed by atoms with Crippen molar-refractivity contribution in [2.75, 3.05) is 26.6 Å². The molecule has 4 rings (SSSR count). The van der Waals surface area contributed by atoms with Crippen LogP contribution in [0.4, 0.5) is 0 Å². The molecular formula is C16H20ClNO4. The summed E-state index contributed by atoms with van der Waals surface area (Å²) in [5.74, 6) is 1.83. The molecule has 2 heterocycles. The van der Waals surface area contributed by atoms with Crippen molar-refractivity contribution in [3.63, 3.8) is 0 Å². The molecule has 2 fully saturated rings. The molecule has 0 radical (unpaired) electrons. The standard InChI is InChI=1S/C16H20ClNO4/c17-12-6-16-15(21-9-22-16)5-11(12)7-18-1-2-20-14-4-10(8-19)3-13(14)18/h5-6,10,13-14,19H,1-4,7-9H2/t10-,13+,14+/m1/s1. The van der Waals surface area contributed by atoms with E-state index in [1.807, 2.05) is 12.1 Å². The van der Waals surface area contributed by atoms with Gasteiger partial charge in [0.2, 0.25) is 6.79 Å². The van der Waals surface area contributed by atoms with Gasteiger partial charge in [-0.1, -0.05) is 11.6 Å². The maximum absolute atomic E-state index is 9.41. The molecule has 0 spiro atoms. The van der Waals surface area contributed by atoms with Crippen molar-refractivity contribution in [1.82, 2.24) is 4.90 Å². The molecule has 3 atom stereocenters. The third kappa shape index (κ3) is 2.56. The summed E-state index contributed by atoms with van der Waals surface area (Å²) in [5, 5.41) is 10.1. The van der Waals surface area contributed by atoms with Gasteiger partial charge >= 0.3 is 0 Å². The zero-order valence-corrected chi connectivity index (χ0v) is 13.1. The average Bonchev–Trinajstić information content (AvgIpc) is 3.13. The minimum Gasteiger partial charge on any atom is -0.454 e. The molecule has 120 valence electrons. The molecule has 1 N–H and O–H groups in total. The molecule has 0 aromatic heterocycles. The van der Waals surface area contributed by atoms with Crippen molar-refractivity contribution >= 4 is 11.6 Å². The Kier molecular flexibility index (Phi) is 3.90. The lowest BCUT2D eigenvalue weighted by Crippen LogP contribution is -2.47. The Balaban J connectivity index is 1.53. The van der Waals surface area contributed by atoms with Crippen LogP contribution in [0.2, 0.25) is 5.02 Å². The number of ether oxygens (including phenoxy) is 3. The second kappa shape index (κ2) is 5.89. The van der Waals surface area contributed by atoms with E-state index in [0.29, 0.717) is 17.0 Å². The number of hydrogen-bond acceptors (Lipinski definition) is 5. The summed E-state index contributed by atoms with van der Waals surface area (Å²) in [7, 11) is 0. The highest BCUT2D eigenvalue weighted by atomic mass is 35.5. The van der Waals surface area contributed by atoms with Crippen molar-refractivity contribution in [2.45, 2.75) is 31.5 Å². The Morgan fingerprint density at radius 2 is 2.05 bits per heavy atom. The zero-order chi connectivity index (χ0) is 15.1. The summed E-state index contributed by atoms with van der Waals surface area (Å²) in [5.41, 5.74) is 1.05. The van der Waals surface area contributed by atoms with E-state index < -0.39 is 0 Å². The molecule has 1 saturated carbocycles. The Labute approximate surface area is 134 Å². The lowest BCUT2D eigenvalue weighted by atomic mass is 10.1. The van der Waals surface area contributed by atoms with Crippen LogP contribution in [0.15, 0.2) is 12.1 Å². The summed E-state index contributed by atoms with van der Waals surface area (Å²) < 4.78 is 16.7. The minimum atomic E-state index is 0.235. The second-order valence-corrected chi connectivity index (χ2v) is 6.67. The largest absolute Gasteiger partial charge is 0.454 e. The SMILES string of the molecule is OC[C@H]1C[C@@H]2OCCN(Cc3cc4c(cc3Cl)OCO4)[C@H]2C1. The summed E-state index contributed by atoms with van der Waals surface area (Å²) in [6.45, 7) is 2.91. The number of aliphatic hydroxyl groups excluding tert-OH is 1. The van der Waals surface area contributed by atoms with Crippen molar-refractivity contribution in [2.24, 2.45) is 5.92 Å². The average molecular weight is 326 g/mol. The van der Waals surface area contributed by atoms with Crippen LogP contribution in [0.5, 0.6) is 11.5 Å². The molecule has 6 heteroatoms. The van der Waals surface area contributed by atoms with E-state index in [2.05, 4.69) is 4.90 Å². The van der Waals surface area contributed by atoms with Gasteiger partial charge in [-0.3, -0.25) is 4.90 Å². The predicted octanol–water partition coefficient (Wildman–Crippen LogP) is 2.04. The van der Waals surface area contributed by atoms with Crippen LogP contribution in [0, 0.1) is 5.92 Å². The molecule has 1 saturated heterocycles. The van der Waals surface area contributed by atoms with Gasteiger partial charge < -0.3 is 19.3 Å². The summed E-state index contributed by atoms with van der Waals surface area (Å²) in [4.78, 5) is 2.42. The fourth-order valence-corrected chi connectivity index (χ4v) is 3.98. The smallest absolute Gasteiger partial charge is 0.231 e. The molecule has 2 aliphatic heterocycles. The molecule has 1 aromatic carbocycles. The van der Waals surface area contributed by atoms with Gasteiger partial charge in [0, 0.05) is 36.8 Å². The van der Waals surface area contributed by atoms with Gasteiger partial charge in [-0.25, -0.2) is 0 Å². The maximum Gasteiger partial charge on any atom is 0.231 e. The van der Waals surface area contributed by atoms with E-state index in [1.54, 1.807) is 0 Å². The first-order valence-electron chi connectivity index (χ1n) is 7.79. The third-order valence-corrected chi connectivity index (χ3v) is 5.27. The summed E-state index contributed by atoms with van der Waals surface area (Å²) >= 11 is 6.39. The Bertz CT molecular complexity index is 567. The van der Waals surface area contributed by atoms with Crippen molar-refractivity contribution in [3.05, 3.63) is 22.7 Å². The third-order valence-electron chi connectivity index (χ3n) is 4.92. The van der Waals surface area contributed by atoms with Gasteiger partial charge in [0.05, 0.1) is 12.7 Å². The Morgan fingerprint density at radius 1 is 1.23 bits per heavy atom. The van der Waals surface area contributed by atoms with Crippen LogP contribution in [0.25, 0.3) is 0 Å². The van der Waals surface area contributed by atoms with Crippen LogP contribution < -0.4 is 9.47 Å². The van der Waals surface area contributed by atoms with Gasteiger partial charge in [0.1, 0.15) is 0 Å². The van der Waals surface area contributed by atoms with Crippen LogP contribution >= 0.6 is 11.6 Å². The van der Waals surface area contributed by atoms with Crippen molar-refractivity contribution in [3.8, 4) is 11.5 Å². The number of nitrogens with zero attached hydrogens (tertiary/aromatic N) is 1. The van der Waals surface area contributed by atoms with E-state index in [1.165, 1.54) is 0 Å². The number of benzene rings is 1. The van der Waals surface area contributed by atoms with Gasteiger partial charge in [0.15, 0.2) is 11.5 Å². The van der Waals surface area contributed by atoms with E-state index in [4.69, 9.17) is 25.8 Å². The van der Waals surface area contributed by atoms with Crippen molar-refractivity contribution < 1.29 is 19.3 Å². The quantitative estimate of drug-likeness (QED) is 0.921. The molecule has 1 aliphatic carbocycles. The molecule has 0 amide bonds. The number of halogens is 1. The van der Waals surface area contributed by atoms with Crippen LogP contribution in [-0.4, -0.2) is 48.7 Å². The molecule has 0 unspecified atom stereocenters. The van der Waals surface area contributed by atoms with Gasteiger partial charge in [-0.15, -0.1) is 0 Å². The predicted molar refractivity (Wildman–Crippen MR) is 81.3 cm³/mol. The molecular weight excluding hydrogens is 306 g/mol. The van der Waals surface area contributed by atoms with E-state index in [9.17, 15) is 5.11 Å². The monoisotopic (exact) mass is 325 g/mol. The molecule has 5 nitrogen and oxygen atoms in total. The van der Waals surface area contributed by atoms with Crippen LogP contribution in [0.1, 0.15) is 18.4 Å². The Hall–Kier alpha value is -1.01. The van der Waals surface area contributed by atoms with E-state index >= 15 is 0 Å². The number of morpholine rings is 1. The highest BCUT2D eigenvalue weighted by Gasteiger charge is 2.40. The second-order valence-electron chi connectivity index (χ2n) is 6.26. The minimum absolute atomic E-state index is 0.235. The highest BCUT2D eigenvalue weighted by Crippen LogP contribution is 2.39. The summed E-state index contributed by atoms with van der Waals surface area (Å²) in [6, 6.07) is 4.18. The number of rotatable bonds is 3. The topological polar surface area (TPSA) is 51.2 Å². The van der Waals surface area contributed by atoms with Gasteiger partial charge in [0.25, 0.3) is 0 Å². The first-order valence-corrected chi connectivity index (χ1v) is 8.17. The summed E-state index contributed by atoms with van der Waals surface area (Å²) in [6.07, 6.45) is 2.18. The molecule has 3 aliphatic rings. The highest BCUT2D eigenvalue weighted by molar-refractivity contribution is 6.31. The fraction of sp³-hybridized carbons (Fsp3) is 0.625. The first-order chi connectivity index (χ1) is 10.7. The number of aliphatic hydroxyl groups is 1. The normalized spacial score (nSPS) is 30.5. The van der Waals surface area contributed by atoms with Crippen molar-refractivity contribution in [1.29, 1.82) is 0 Å². The number of hydrogen-bond donors (Lipinski definition) is 1. The fourth-order valence-electron chi connectivity index (χ4n) is 3.77. The first kappa shape index (κ1) is 14.6. The zero-order valence-electron chi connectivity index (χ0n) is 12.3. The lowest BCUT2D eigenvalue weighted by molar-refractivity contribution is -0.0590. The Morgan fingerprint density at radius 3 is 2.86 bits per heavy atom. The molecule has 22 heavy (non-hydrogen) atoms. The maximum atomic E-state index is 9.41. The van der Waals surface area contributed by atoms with E-state index in [0.717, 1.165) is 49.6 Å². The van der Waals surface area contributed by atoms with E-state index in [-0.39, 0.29) is 19.5 Å².